The number of aromatic nitrogens is 2. The van der Waals surface area contributed by atoms with E-state index in [2.05, 4.69) is 52.2 Å². The van der Waals surface area contributed by atoms with Gasteiger partial charge >= 0.3 is 0 Å². The van der Waals surface area contributed by atoms with Gasteiger partial charge in [0.2, 0.25) is 0 Å². The molecule has 0 saturated heterocycles. The molecular formula is C15H20BrN3O. The summed E-state index contributed by atoms with van der Waals surface area (Å²) in [5.74, 6) is 1.86. The average Bonchev–Trinajstić information content (AvgIpc) is 2.80. The van der Waals surface area contributed by atoms with Crippen LogP contribution in [-0.4, -0.2) is 16.1 Å². The van der Waals surface area contributed by atoms with Gasteiger partial charge in [0.25, 0.3) is 0 Å². The summed E-state index contributed by atoms with van der Waals surface area (Å²) in [6.45, 7) is 6.37. The number of nitrogens with one attached hydrogen (secondary N) is 1. The molecule has 1 heterocycles. The first-order chi connectivity index (χ1) is 9.61. The number of imidazole rings is 1. The topological polar surface area (TPSA) is 39.1 Å². The van der Waals surface area contributed by atoms with Crippen LogP contribution < -0.4 is 10.1 Å². The number of hydrogen-bond acceptors (Lipinski definition) is 3. The van der Waals surface area contributed by atoms with Crippen molar-refractivity contribution in [1.82, 2.24) is 14.9 Å². The Morgan fingerprint density at radius 1 is 1.40 bits per heavy atom. The van der Waals surface area contributed by atoms with E-state index < -0.39 is 0 Å². The molecule has 0 aliphatic rings. The van der Waals surface area contributed by atoms with Gasteiger partial charge in [0.1, 0.15) is 18.2 Å². The van der Waals surface area contributed by atoms with Crippen molar-refractivity contribution < 1.29 is 4.74 Å². The Bertz CT molecular complexity index is 580. The molecule has 1 N–H and O–H groups in total. The maximum absolute atomic E-state index is 6.00. The molecule has 0 aliphatic carbocycles. The molecule has 0 atom stereocenters. The summed E-state index contributed by atoms with van der Waals surface area (Å²) in [6, 6.07) is 4.17. The van der Waals surface area contributed by atoms with E-state index in [1.165, 1.54) is 0 Å². The summed E-state index contributed by atoms with van der Waals surface area (Å²) in [6.07, 6.45) is 3.71. The summed E-state index contributed by atoms with van der Waals surface area (Å²) in [5, 5.41) is 3.34. The largest absolute Gasteiger partial charge is 0.485 e. The fourth-order valence-corrected chi connectivity index (χ4v) is 2.69. The quantitative estimate of drug-likeness (QED) is 0.879. The zero-order valence-electron chi connectivity index (χ0n) is 12.1. The molecule has 0 unspecified atom stereocenters. The molecule has 0 spiro atoms. The number of ether oxygens (including phenoxy) is 1. The minimum atomic E-state index is 0.477. The van der Waals surface area contributed by atoms with Crippen LogP contribution in [-0.2, 0) is 20.2 Å². The Labute approximate surface area is 128 Å². The summed E-state index contributed by atoms with van der Waals surface area (Å²) < 4.78 is 9.05. The average molecular weight is 338 g/mol. The van der Waals surface area contributed by atoms with Crippen molar-refractivity contribution in [2.75, 3.05) is 6.54 Å². The van der Waals surface area contributed by atoms with E-state index in [0.29, 0.717) is 6.61 Å². The lowest BCUT2D eigenvalue weighted by atomic mass is 10.1. The van der Waals surface area contributed by atoms with Crippen LogP contribution in [0, 0.1) is 6.92 Å². The van der Waals surface area contributed by atoms with Gasteiger partial charge in [-0.05, 0) is 31.2 Å². The zero-order chi connectivity index (χ0) is 14.5. The molecule has 20 heavy (non-hydrogen) atoms. The van der Waals surface area contributed by atoms with Crippen LogP contribution in [0.2, 0.25) is 0 Å². The molecule has 0 aliphatic heterocycles. The number of hydrogen-bond donors (Lipinski definition) is 1. The van der Waals surface area contributed by atoms with E-state index in [4.69, 9.17) is 4.74 Å². The van der Waals surface area contributed by atoms with E-state index in [9.17, 15) is 0 Å². The Balaban J connectivity index is 2.18. The van der Waals surface area contributed by atoms with Crippen LogP contribution in [0.3, 0.4) is 0 Å². The van der Waals surface area contributed by atoms with Gasteiger partial charge in [-0.2, -0.15) is 0 Å². The third kappa shape index (κ3) is 3.61. The molecule has 0 radical (unpaired) electrons. The maximum atomic E-state index is 6.00. The lowest BCUT2D eigenvalue weighted by molar-refractivity contribution is 0.286. The van der Waals surface area contributed by atoms with Gasteiger partial charge in [-0.25, -0.2) is 4.98 Å². The monoisotopic (exact) mass is 337 g/mol. The van der Waals surface area contributed by atoms with Gasteiger partial charge in [-0.1, -0.05) is 22.9 Å². The summed E-state index contributed by atoms with van der Waals surface area (Å²) in [5.41, 5.74) is 2.29. The minimum absolute atomic E-state index is 0.477. The molecule has 0 fully saturated rings. The SMILES string of the molecule is CCNCc1cc(Br)cc(C)c1OCc1nccn1C. The highest BCUT2D eigenvalue weighted by atomic mass is 79.9. The first kappa shape index (κ1) is 15.1. The molecule has 0 saturated carbocycles. The van der Waals surface area contributed by atoms with Crippen molar-refractivity contribution in [3.63, 3.8) is 0 Å². The molecule has 0 bridgehead atoms. The van der Waals surface area contributed by atoms with Crippen molar-refractivity contribution in [1.29, 1.82) is 0 Å². The number of benzene rings is 1. The van der Waals surface area contributed by atoms with Gasteiger partial charge in [0, 0.05) is 36.0 Å². The molecule has 108 valence electrons. The summed E-state index contributed by atoms with van der Waals surface area (Å²) in [4.78, 5) is 4.28. The second-order valence-corrected chi connectivity index (χ2v) is 5.65. The van der Waals surface area contributed by atoms with Crippen molar-refractivity contribution >= 4 is 15.9 Å². The van der Waals surface area contributed by atoms with Gasteiger partial charge < -0.3 is 14.6 Å². The fourth-order valence-electron chi connectivity index (χ4n) is 2.07. The predicted octanol–water partition coefficient (Wildman–Crippen LogP) is 3.18. The molecule has 2 aromatic rings. The molecule has 5 heteroatoms. The lowest BCUT2D eigenvalue weighted by Crippen LogP contribution is -2.14. The third-order valence-electron chi connectivity index (χ3n) is 3.15. The van der Waals surface area contributed by atoms with Crippen LogP contribution in [0.1, 0.15) is 23.9 Å². The van der Waals surface area contributed by atoms with E-state index in [0.717, 1.165) is 40.3 Å². The second kappa shape index (κ2) is 6.90. The van der Waals surface area contributed by atoms with E-state index in [-0.39, 0.29) is 0 Å². The minimum Gasteiger partial charge on any atom is -0.485 e. The lowest BCUT2D eigenvalue weighted by Gasteiger charge is -2.15. The molecule has 4 nitrogen and oxygen atoms in total. The van der Waals surface area contributed by atoms with Gasteiger partial charge in [0.15, 0.2) is 0 Å². The zero-order valence-corrected chi connectivity index (χ0v) is 13.7. The van der Waals surface area contributed by atoms with Gasteiger partial charge in [-0.15, -0.1) is 0 Å². The maximum Gasteiger partial charge on any atom is 0.146 e. The molecule has 1 aromatic carbocycles. The second-order valence-electron chi connectivity index (χ2n) is 4.73. The number of aryl methyl sites for hydroxylation is 2. The molecular weight excluding hydrogens is 318 g/mol. The predicted molar refractivity (Wildman–Crippen MR) is 83.8 cm³/mol. The van der Waals surface area contributed by atoms with Crippen molar-refractivity contribution in [2.45, 2.75) is 27.0 Å². The standard InChI is InChI=1S/C15H20BrN3O/c1-4-17-9-12-8-13(16)7-11(2)15(12)20-10-14-18-5-6-19(14)3/h5-8,17H,4,9-10H2,1-3H3. The summed E-state index contributed by atoms with van der Waals surface area (Å²) in [7, 11) is 1.97. The first-order valence-corrected chi connectivity index (χ1v) is 7.49. The molecule has 0 amide bonds. The van der Waals surface area contributed by atoms with Crippen LogP contribution in [0.25, 0.3) is 0 Å². The van der Waals surface area contributed by atoms with E-state index in [1.807, 2.05) is 17.8 Å². The van der Waals surface area contributed by atoms with Crippen molar-refractivity contribution in [2.24, 2.45) is 7.05 Å². The Kier molecular flexibility index (Phi) is 5.20. The Morgan fingerprint density at radius 3 is 2.85 bits per heavy atom. The van der Waals surface area contributed by atoms with E-state index >= 15 is 0 Å². The van der Waals surface area contributed by atoms with Gasteiger partial charge in [0.05, 0.1) is 0 Å². The van der Waals surface area contributed by atoms with Crippen molar-refractivity contribution in [3.8, 4) is 5.75 Å². The Hall–Kier alpha value is -1.33. The van der Waals surface area contributed by atoms with Crippen LogP contribution in [0.5, 0.6) is 5.75 Å². The van der Waals surface area contributed by atoms with Crippen LogP contribution in [0.4, 0.5) is 0 Å². The normalized spacial score (nSPS) is 10.8. The first-order valence-electron chi connectivity index (χ1n) is 6.70. The van der Waals surface area contributed by atoms with Crippen LogP contribution in [0.15, 0.2) is 29.0 Å². The van der Waals surface area contributed by atoms with Crippen LogP contribution >= 0.6 is 15.9 Å². The number of nitrogens with zero attached hydrogens (tertiary/aromatic N) is 2. The highest BCUT2D eigenvalue weighted by molar-refractivity contribution is 9.10. The third-order valence-corrected chi connectivity index (χ3v) is 3.61. The smallest absolute Gasteiger partial charge is 0.146 e. The highest BCUT2D eigenvalue weighted by Gasteiger charge is 2.10. The van der Waals surface area contributed by atoms with E-state index in [1.54, 1.807) is 6.20 Å². The highest BCUT2D eigenvalue weighted by Crippen LogP contribution is 2.28. The fraction of sp³-hybridized carbons (Fsp3) is 0.400. The molecule has 1 aromatic heterocycles. The summed E-state index contributed by atoms with van der Waals surface area (Å²) >= 11 is 3.54. The number of halogens is 1. The van der Waals surface area contributed by atoms with Crippen molar-refractivity contribution in [3.05, 3.63) is 46.0 Å². The van der Waals surface area contributed by atoms with Gasteiger partial charge in [-0.3, -0.25) is 0 Å². The number of rotatable bonds is 6. The Morgan fingerprint density at radius 2 is 2.20 bits per heavy atom. The molecule has 2 rings (SSSR count).